The van der Waals surface area contributed by atoms with Gasteiger partial charge in [0, 0.05) is 0 Å². The molecule has 0 amide bonds. The predicted molar refractivity (Wildman–Crippen MR) is 139 cm³/mol. The SMILES string of the molecule is [CH]=C/C=C/C=C/C=C/C=C/C=C/CCCCCCCCCCCCCCCCCC. The van der Waals surface area contributed by atoms with Gasteiger partial charge in [0.25, 0.3) is 0 Å². The van der Waals surface area contributed by atoms with Crippen LogP contribution in [0.1, 0.15) is 116 Å². The first-order valence-electron chi connectivity index (χ1n) is 12.8. The Bertz CT molecular complexity index is 472. The van der Waals surface area contributed by atoms with Gasteiger partial charge in [0.05, 0.1) is 0 Å². The topological polar surface area (TPSA) is 0 Å². The van der Waals surface area contributed by atoms with Gasteiger partial charge in [-0.15, -0.1) is 0 Å². The van der Waals surface area contributed by atoms with Crippen molar-refractivity contribution >= 4 is 0 Å². The van der Waals surface area contributed by atoms with E-state index in [0.717, 1.165) is 0 Å². The quantitative estimate of drug-likeness (QED) is 0.123. The molecule has 0 aromatic heterocycles. The van der Waals surface area contributed by atoms with Crippen molar-refractivity contribution in [2.75, 3.05) is 0 Å². The monoisotopic (exact) mass is 409 g/mol. The second kappa shape index (κ2) is 27.4. The zero-order valence-electron chi connectivity index (χ0n) is 19.9. The van der Waals surface area contributed by atoms with Crippen LogP contribution < -0.4 is 0 Å². The van der Waals surface area contributed by atoms with Crippen LogP contribution in [-0.2, 0) is 0 Å². The Balaban J connectivity index is 3.25. The first-order chi connectivity index (χ1) is 14.9. The Kier molecular flexibility index (Phi) is 26.0. The Morgan fingerprint density at radius 3 is 1.13 bits per heavy atom. The van der Waals surface area contributed by atoms with Crippen LogP contribution in [0.15, 0.2) is 66.8 Å². The molecule has 0 aliphatic carbocycles. The fourth-order valence-corrected chi connectivity index (χ4v) is 3.50. The van der Waals surface area contributed by atoms with Crippen molar-refractivity contribution in [1.29, 1.82) is 0 Å². The summed E-state index contributed by atoms with van der Waals surface area (Å²) in [7, 11) is 0. The highest BCUT2D eigenvalue weighted by Gasteiger charge is 1.94. The maximum absolute atomic E-state index is 5.25. The van der Waals surface area contributed by atoms with Crippen LogP contribution in [0.4, 0.5) is 0 Å². The number of hydrogen-bond acceptors (Lipinski definition) is 0. The largest absolute Gasteiger partial charge is 0.0845 e. The molecule has 0 heterocycles. The van der Waals surface area contributed by atoms with E-state index in [-0.39, 0.29) is 0 Å². The van der Waals surface area contributed by atoms with E-state index in [2.05, 4.69) is 31.2 Å². The summed E-state index contributed by atoms with van der Waals surface area (Å²) < 4.78 is 0. The molecule has 1 radical (unpaired) electrons. The lowest BCUT2D eigenvalue weighted by Gasteiger charge is -2.03. The lowest BCUT2D eigenvalue weighted by atomic mass is 10.0. The molecule has 0 saturated carbocycles. The van der Waals surface area contributed by atoms with E-state index in [0.29, 0.717) is 0 Å². The van der Waals surface area contributed by atoms with E-state index < -0.39 is 0 Å². The summed E-state index contributed by atoms with van der Waals surface area (Å²) in [4.78, 5) is 0. The zero-order valence-corrected chi connectivity index (χ0v) is 19.9. The van der Waals surface area contributed by atoms with Crippen molar-refractivity contribution in [3.8, 4) is 0 Å². The van der Waals surface area contributed by atoms with Crippen molar-refractivity contribution in [3.63, 3.8) is 0 Å². The van der Waals surface area contributed by atoms with Gasteiger partial charge in [-0.2, -0.15) is 0 Å². The molecular formula is C30H49. The van der Waals surface area contributed by atoms with Gasteiger partial charge < -0.3 is 0 Å². The molecule has 0 aromatic carbocycles. The Labute approximate surface area is 189 Å². The van der Waals surface area contributed by atoms with Gasteiger partial charge in [-0.3, -0.25) is 0 Å². The van der Waals surface area contributed by atoms with E-state index in [1.54, 1.807) is 0 Å². The van der Waals surface area contributed by atoms with E-state index in [1.807, 2.05) is 36.5 Å². The lowest BCUT2D eigenvalue weighted by molar-refractivity contribution is 0.530. The van der Waals surface area contributed by atoms with Gasteiger partial charge in [0.15, 0.2) is 0 Å². The molecule has 0 atom stereocenters. The number of allylic oxidation sites excluding steroid dienone is 11. The summed E-state index contributed by atoms with van der Waals surface area (Å²) in [6, 6.07) is 0. The lowest BCUT2D eigenvalue weighted by Crippen LogP contribution is -1.83. The van der Waals surface area contributed by atoms with E-state index in [1.165, 1.54) is 115 Å². The third-order valence-corrected chi connectivity index (χ3v) is 5.36. The average molecular weight is 410 g/mol. The third kappa shape index (κ3) is 26.4. The molecule has 0 bridgehead atoms. The second-order valence-electron chi connectivity index (χ2n) is 8.25. The third-order valence-electron chi connectivity index (χ3n) is 5.36. The molecular weight excluding hydrogens is 360 g/mol. The molecule has 0 unspecified atom stereocenters. The van der Waals surface area contributed by atoms with Crippen molar-refractivity contribution in [2.24, 2.45) is 0 Å². The molecule has 0 fully saturated rings. The molecule has 169 valence electrons. The smallest absolute Gasteiger partial charge is 0.0348 e. The summed E-state index contributed by atoms with van der Waals surface area (Å²) in [5.41, 5.74) is 0. The van der Waals surface area contributed by atoms with E-state index in [4.69, 9.17) is 6.58 Å². The standard InChI is InChI=1S/C30H49/c1-3-5-7-9-11-13-15-17-19-21-23-25-27-29-30-28-26-24-22-20-18-16-14-12-10-8-6-4-2/h1,3,5,7,9,11,13,15,17,19,21,23H,4,6,8,10,12,14,16,18,20,22,24-30H2,2H3/b3-1?,7-5+,11-9+,15-13+,19-17+,23-21+. The van der Waals surface area contributed by atoms with Crippen molar-refractivity contribution in [1.82, 2.24) is 0 Å². The minimum atomic E-state index is 1.20. The predicted octanol–water partition coefficient (Wildman–Crippen LogP) is 10.4. The van der Waals surface area contributed by atoms with Crippen LogP contribution in [0, 0.1) is 6.58 Å². The molecule has 0 heteroatoms. The Morgan fingerprint density at radius 2 is 0.733 bits per heavy atom. The van der Waals surface area contributed by atoms with Crippen LogP contribution in [0.2, 0.25) is 0 Å². The van der Waals surface area contributed by atoms with Crippen LogP contribution >= 0.6 is 0 Å². The molecule has 0 aliphatic heterocycles. The maximum atomic E-state index is 5.25. The first-order valence-corrected chi connectivity index (χ1v) is 12.8. The summed E-state index contributed by atoms with van der Waals surface area (Å²) in [6.45, 7) is 7.54. The molecule has 0 aliphatic rings. The molecule has 30 heavy (non-hydrogen) atoms. The average Bonchev–Trinajstić information content (AvgIpc) is 2.76. The normalized spacial score (nSPS) is 12.6. The van der Waals surface area contributed by atoms with E-state index in [9.17, 15) is 0 Å². The fraction of sp³-hybridized carbons (Fsp3) is 0.600. The minimum Gasteiger partial charge on any atom is -0.0845 e. The molecule has 0 aromatic rings. The molecule has 0 N–H and O–H groups in total. The number of unbranched alkanes of at least 4 members (excludes halogenated alkanes) is 16. The highest BCUT2D eigenvalue weighted by molar-refractivity contribution is 5.18. The molecule has 0 saturated heterocycles. The van der Waals surface area contributed by atoms with Crippen LogP contribution in [0.5, 0.6) is 0 Å². The number of rotatable bonds is 22. The molecule has 0 nitrogen and oxygen atoms in total. The molecule has 0 rings (SSSR count). The van der Waals surface area contributed by atoms with Crippen LogP contribution in [-0.4, -0.2) is 0 Å². The van der Waals surface area contributed by atoms with Gasteiger partial charge in [-0.1, -0.05) is 177 Å². The van der Waals surface area contributed by atoms with Gasteiger partial charge in [-0.05, 0) is 12.8 Å². The van der Waals surface area contributed by atoms with Gasteiger partial charge in [0.2, 0.25) is 0 Å². The van der Waals surface area contributed by atoms with Crippen molar-refractivity contribution < 1.29 is 0 Å². The Hall–Kier alpha value is -1.56. The van der Waals surface area contributed by atoms with Crippen LogP contribution in [0.3, 0.4) is 0 Å². The summed E-state index contributed by atoms with van der Waals surface area (Å²) in [5.74, 6) is 0. The van der Waals surface area contributed by atoms with Crippen molar-refractivity contribution in [3.05, 3.63) is 73.4 Å². The van der Waals surface area contributed by atoms with Gasteiger partial charge in [0.1, 0.15) is 0 Å². The van der Waals surface area contributed by atoms with Gasteiger partial charge >= 0.3 is 0 Å². The summed E-state index contributed by atoms with van der Waals surface area (Å²) in [6.07, 6.45) is 46.0. The minimum absolute atomic E-state index is 1.20. The van der Waals surface area contributed by atoms with Crippen molar-refractivity contribution in [2.45, 2.75) is 116 Å². The summed E-state index contributed by atoms with van der Waals surface area (Å²) in [5, 5.41) is 0. The Morgan fingerprint density at radius 1 is 0.400 bits per heavy atom. The second-order valence-corrected chi connectivity index (χ2v) is 8.25. The number of hydrogen-bond donors (Lipinski definition) is 0. The van der Waals surface area contributed by atoms with E-state index >= 15 is 0 Å². The van der Waals surface area contributed by atoms with Crippen LogP contribution in [0.25, 0.3) is 0 Å². The first kappa shape index (κ1) is 28.4. The summed E-state index contributed by atoms with van der Waals surface area (Å²) >= 11 is 0. The maximum Gasteiger partial charge on any atom is -0.0348 e. The highest BCUT2D eigenvalue weighted by atomic mass is 14.0. The fourth-order valence-electron chi connectivity index (χ4n) is 3.50. The highest BCUT2D eigenvalue weighted by Crippen LogP contribution is 2.14. The van der Waals surface area contributed by atoms with Gasteiger partial charge in [-0.25, -0.2) is 0 Å². The zero-order chi connectivity index (χ0) is 21.8. The molecule has 0 spiro atoms.